The minimum Gasteiger partial charge on any atom is -0.378 e. The number of imidazole rings is 1. The van der Waals surface area contributed by atoms with E-state index >= 15 is 0 Å². The zero-order chi connectivity index (χ0) is 11.4. The second-order valence-corrected chi connectivity index (χ2v) is 4.48. The van der Waals surface area contributed by atoms with Gasteiger partial charge >= 0.3 is 0 Å². The van der Waals surface area contributed by atoms with E-state index < -0.39 is 0 Å². The van der Waals surface area contributed by atoms with E-state index in [9.17, 15) is 0 Å². The van der Waals surface area contributed by atoms with E-state index in [1.54, 1.807) is 0 Å². The molecular weight excluding hydrogens is 202 g/mol. The summed E-state index contributed by atoms with van der Waals surface area (Å²) in [6.45, 7) is 5.22. The summed E-state index contributed by atoms with van der Waals surface area (Å²) in [5, 5.41) is 3.38. The minimum atomic E-state index is 0.0121. The average Bonchev–Trinajstić information content (AvgIpc) is 2.77. The molecule has 1 aromatic rings. The summed E-state index contributed by atoms with van der Waals surface area (Å²) >= 11 is 0. The molecule has 90 valence electrons. The van der Waals surface area contributed by atoms with Gasteiger partial charge in [-0.15, -0.1) is 0 Å². The third-order valence-electron chi connectivity index (χ3n) is 3.59. The molecule has 4 nitrogen and oxygen atoms in total. The van der Waals surface area contributed by atoms with Crippen LogP contribution in [-0.2, 0) is 17.7 Å². The van der Waals surface area contributed by atoms with Crippen LogP contribution >= 0.6 is 0 Å². The first-order valence-corrected chi connectivity index (χ1v) is 6.04. The molecule has 0 aromatic carbocycles. The van der Waals surface area contributed by atoms with Crippen molar-refractivity contribution in [1.29, 1.82) is 0 Å². The van der Waals surface area contributed by atoms with E-state index in [4.69, 9.17) is 4.74 Å². The van der Waals surface area contributed by atoms with E-state index in [0.29, 0.717) is 0 Å². The number of hydrogen-bond acceptors (Lipinski definition) is 3. The lowest BCUT2D eigenvalue weighted by Gasteiger charge is -2.36. The van der Waals surface area contributed by atoms with Crippen LogP contribution in [0.2, 0.25) is 0 Å². The van der Waals surface area contributed by atoms with Gasteiger partial charge in [0.15, 0.2) is 0 Å². The van der Waals surface area contributed by atoms with Crippen LogP contribution in [0.1, 0.15) is 25.5 Å². The number of rotatable bonds is 4. The van der Waals surface area contributed by atoms with Gasteiger partial charge in [-0.05, 0) is 32.9 Å². The molecule has 16 heavy (non-hydrogen) atoms. The highest BCUT2D eigenvalue weighted by Gasteiger charge is 2.32. The van der Waals surface area contributed by atoms with Crippen LogP contribution in [0.4, 0.5) is 0 Å². The van der Waals surface area contributed by atoms with Crippen LogP contribution in [0.3, 0.4) is 0 Å². The zero-order valence-corrected chi connectivity index (χ0v) is 10.2. The van der Waals surface area contributed by atoms with Gasteiger partial charge in [0.2, 0.25) is 0 Å². The Balaban J connectivity index is 2.11. The van der Waals surface area contributed by atoms with E-state index in [0.717, 1.165) is 38.9 Å². The molecule has 1 fully saturated rings. The van der Waals surface area contributed by atoms with Gasteiger partial charge in [-0.1, -0.05) is 0 Å². The maximum absolute atomic E-state index is 5.77. The normalized spacial score (nSPS) is 19.9. The molecule has 0 spiro atoms. The van der Waals surface area contributed by atoms with Crippen molar-refractivity contribution < 1.29 is 4.74 Å². The summed E-state index contributed by atoms with van der Waals surface area (Å²) in [6, 6.07) is 0. The van der Waals surface area contributed by atoms with Crippen LogP contribution in [0, 0.1) is 0 Å². The van der Waals surface area contributed by atoms with Crippen molar-refractivity contribution in [2.24, 2.45) is 0 Å². The van der Waals surface area contributed by atoms with Gasteiger partial charge in [-0.2, -0.15) is 0 Å². The minimum absolute atomic E-state index is 0.0121. The lowest BCUT2D eigenvalue weighted by Crippen LogP contribution is -2.45. The van der Waals surface area contributed by atoms with Gasteiger partial charge < -0.3 is 14.6 Å². The summed E-state index contributed by atoms with van der Waals surface area (Å²) in [5.74, 6) is 0. The number of aromatic nitrogens is 2. The zero-order valence-electron chi connectivity index (χ0n) is 10.2. The van der Waals surface area contributed by atoms with Crippen LogP contribution in [0.25, 0.3) is 0 Å². The third kappa shape index (κ3) is 2.28. The molecule has 0 atom stereocenters. The first-order chi connectivity index (χ1) is 7.79. The fourth-order valence-electron chi connectivity index (χ4n) is 2.45. The predicted octanol–water partition coefficient (Wildman–Crippen LogP) is 1.21. The quantitative estimate of drug-likeness (QED) is 0.834. The van der Waals surface area contributed by atoms with Crippen LogP contribution in [-0.4, -0.2) is 35.4 Å². The van der Waals surface area contributed by atoms with Gasteiger partial charge in [-0.25, -0.2) is 4.98 Å². The largest absolute Gasteiger partial charge is 0.378 e. The van der Waals surface area contributed by atoms with E-state index in [2.05, 4.69) is 21.8 Å². The Kier molecular flexibility index (Phi) is 3.61. The van der Waals surface area contributed by atoms with Crippen LogP contribution in [0.15, 0.2) is 12.5 Å². The van der Waals surface area contributed by atoms with Gasteiger partial charge in [0.1, 0.15) is 0 Å². The number of hydrogen-bond donors (Lipinski definition) is 1. The monoisotopic (exact) mass is 223 g/mol. The summed E-state index contributed by atoms with van der Waals surface area (Å²) in [7, 11) is 1.83. The molecule has 0 bridgehead atoms. The first kappa shape index (κ1) is 11.6. The van der Waals surface area contributed by atoms with Crippen molar-refractivity contribution in [3.63, 3.8) is 0 Å². The Bertz CT molecular complexity index is 329. The number of methoxy groups -OCH3 is 1. The maximum Gasteiger partial charge on any atom is 0.0948 e. The van der Waals surface area contributed by atoms with E-state index in [-0.39, 0.29) is 5.60 Å². The van der Waals surface area contributed by atoms with Crippen LogP contribution in [0.5, 0.6) is 0 Å². The standard InChI is InChI=1S/C12H21N3O/c1-3-15-10-14-9-11(15)8-12(16-2)4-6-13-7-5-12/h9-10,13H,3-8H2,1-2H3. The topological polar surface area (TPSA) is 39.1 Å². The first-order valence-electron chi connectivity index (χ1n) is 6.04. The molecule has 0 amide bonds. The SMILES string of the molecule is CCn1cncc1CC1(OC)CCNCC1. The molecule has 1 aromatic heterocycles. The van der Waals surface area contributed by atoms with Crippen molar-refractivity contribution in [2.75, 3.05) is 20.2 Å². The maximum atomic E-state index is 5.77. The number of nitrogens with zero attached hydrogens (tertiary/aromatic N) is 2. The molecule has 1 aliphatic rings. The molecule has 1 saturated heterocycles. The Morgan fingerprint density at radius 1 is 1.50 bits per heavy atom. The molecule has 1 N–H and O–H groups in total. The second-order valence-electron chi connectivity index (χ2n) is 4.48. The summed E-state index contributed by atoms with van der Waals surface area (Å²) in [5.41, 5.74) is 1.30. The Morgan fingerprint density at radius 3 is 2.88 bits per heavy atom. The van der Waals surface area contributed by atoms with E-state index in [1.807, 2.05) is 19.6 Å². The van der Waals surface area contributed by atoms with Crippen molar-refractivity contribution in [2.45, 2.75) is 38.3 Å². The predicted molar refractivity (Wildman–Crippen MR) is 63.4 cm³/mol. The molecule has 4 heteroatoms. The highest BCUT2D eigenvalue weighted by atomic mass is 16.5. The highest BCUT2D eigenvalue weighted by Crippen LogP contribution is 2.26. The molecule has 0 radical (unpaired) electrons. The molecule has 0 saturated carbocycles. The summed E-state index contributed by atoms with van der Waals surface area (Å²) < 4.78 is 7.97. The van der Waals surface area contributed by atoms with Crippen molar-refractivity contribution in [1.82, 2.24) is 14.9 Å². The van der Waals surface area contributed by atoms with Crippen molar-refractivity contribution >= 4 is 0 Å². The summed E-state index contributed by atoms with van der Waals surface area (Å²) in [6.07, 6.45) is 7.00. The lowest BCUT2D eigenvalue weighted by atomic mass is 9.87. The Morgan fingerprint density at radius 2 is 2.25 bits per heavy atom. The smallest absolute Gasteiger partial charge is 0.0948 e. The Labute approximate surface area is 97.0 Å². The van der Waals surface area contributed by atoms with Crippen molar-refractivity contribution in [3.05, 3.63) is 18.2 Å². The molecule has 2 rings (SSSR count). The number of ether oxygens (including phenoxy) is 1. The third-order valence-corrected chi connectivity index (χ3v) is 3.59. The van der Waals surface area contributed by atoms with Gasteiger partial charge in [0, 0.05) is 32.0 Å². The average molecular weight is 223 g/mol. The molecule has 0 unspecified atom stereocenters. The molecule has 2 heterocycles. The van der Waals surface area contributed by atoms with Gasteiger partial charge in [-0.3, -0.25) is 0 Å². The fraction of sp³-hybridized carbons (Fsp3) is 0.750. The van der Waals surface area contributed by atoms with E-state index in [1.165, 1.54) is 5.69 Å². The number of piperidine rings is 1. The van der Waals surface area contributed by atoms with Crippen LogP contribution < -0.4 is 5.32 Å². The van der Waals surface area contributed by atoms with Crippen molar-refractivity contribution in [3.8, 4) is 0 Å². The molecule has 0 aliphatic carbocycles. The highest BCUT2D eigenvalue weighted by molar-refractivity contribution is 5.05. The van der Waals surface area contributed by atoms with Gasteiger partial charge in [0.05, 0.1) is 11.9 Å². The van der Waals surface area contributed by atoms with Gasteiger partial charge in [0.25, 0.3) is 0 Å². The second kappa shape index (κ2) is 4.97. The number of nitrogens with one attached hydrogen (secondary N) is 1. The Hall–Kier alpha value is -0.870. The summed E-state index contributed by atoms with van der Waals surface area (Å²) in [4.78, 5) is 4.22. The number of aryl methyl sites for hydroxylation is 1. The molecular formula is C12H21N3O. The molecule has 1 aliphatic heterocycles. The lowest BCUT2D eigenvalue weighted by molar-refractivity contribution is -0.0345. The fourth-order valence-corrected chi connectivity index (χ4v) is 2.45.